The lowest BCUT2D eigenvalue weighted by Gasteiger charge is -2.09. The summed E-state index contributed by atoms with van der Waals surface area (Å²) >= 11 is 0. The summed E-state index contributed by atoms with van der Waals surface area (Å²) in [5.41, 5.74) is 0.821. The van der Waals surface area contributed by atoms with Gasteiger partial charge in [0.1, 0.15) is 5.75 Å². The van der Waals surface area contributed by atoms with E-state index in [1.54, 1.807) is 13.2 Å². The Labute approximate surface area is 207 Å². The predicted molar refractivity (Wildman–Crippen MR) is 145 cm³/mol. The number of aliphatic carboxylic acids is 1. The molecule has 0 aromatic heterocycles. The van der Waals surface area contributed by atoms with Gasteiger partial charge in [-0.3, -0.25) is 4.79 Å². The van der Waals surface area contributed by atoms with Crippen molar-refractivity contribution in [2.24, 2.45) is 0 Å². The van der Waals surface area contributed by atoms with Crippen molar-refractivity contribution in [3.63, 3.8) is 0 Å². The molecule has 0 aliphatic heterocycles. The highest BCUT2D eigenvalue weighted by Crippen LogP contribution is 2.25. The number of carboxylic acids is 1. The minimum atomic E-state index is -0.803. The number of rotatable bonds is 19. The van der Waals surface area contributed by atoms with Crippen LogP contribution in [0.2, 0.25) is 0 Å². The molecule has 0 unspecified atom stereocenters. The van der Waals surface area contributed by atoms with Crippen LogP contribution in [0.5, 0.6) is 5.75 Å². The molecule has 188 valence electrons. The normalized spacial score (nSPS) is 12.4. The zero-order valence-corrected chi connectivity index (χ0v) is 21.6. The van der Waals surface area contributed by atoms with Crippen molar-refractivity contribution in [2.45, 2.75) is 116 Å². The molecular formula is C31H46O3. The van der Waals surface area contributed by atoms with E-state index >= 15 is 0 Å². The number of allylic oxidation sites excluding steroid dienone is 1. The first-order valence-electron chi connectivity index (χ1n) is 13.7. The third-order valence-electron chi connectivity index (χ3n) is 6.73. The smallest absolute Gasteiger partial charge is 0.310 e. The number of hydrogen-bond acceptors (Lipinski definition) is 2. The molecule has 3 heteroatoms. The zero-order chi connectivity index (χ0) is 24.4. The van der Waals surface area contributed by atoms with Gasteiger partial charge in [0.2, 0.25) is 0 Å². The van der Waals surface area contributed by atoms with Crippen LogP contribution >= 0.6 is 0 Å². The van der Waals surface area contributed by atoms with E-state index in [2.05, 4.69) is 13.0 Å². The van der Waals surface area contributed by atoms with Crippen LogP contribution in [0.25, 0.3) is 10.8 Å². The van der Waals surface area contributed by atoms with Crippen LogP contribution in [0.1, 0.15) is 122 Å². The predicted octanol–water partition coefficient (Wildman–Crippen LogP) is 9.79. The Morgan fingerprint density at radius 3 is 1.91 bits per heavy atom. The molecule has 0 amide bonds. The van der Waals surface area contributed by atoms with Crippen LogP contribution in [0.4, 0.5) is 0 Å². The summed E-state index contributed by atoms with van der Waals surface area (Å²) < 4.78 is 5.77. The van der Waals surface area contributed by atoms with Gasteiger partial charge in [0.25, 0.3) is 0 Å². The summed E-state index contributed by atoms with van der Waals surface area (Å²) in [7, 11) is 0. The van der Waals surface area contributed by atoms with E-state index in [4.69, 9.17) is 4.74 Å². The Bertz CT molecular complexity index is 855. The molecule has 3 nitrogen and oxygen atoms in total. The Morgan fingerprint density at radius 2 is 1.32 bits per heavy atom. The van der Waals surface area contributed by atoms with Gasteiger partial charge in [-0.1, -0.05) is 115 Å². The number of fused-ring (bicyclic) bond motifs is 1. The molecule has 0 aliphatic carbocycles. The molecular weight excluding hydrogens is 420 g/mol. The average molecular weight is 467 g/mol. The van der Waals surface area contributed by atoms with Crippen LogP contribution in [-0.4, -0.2) is 11.1 Å². The van der Waals surface area contributed by atoms with Crippen molar-refractivity contribution in [2.75, 3.05) is 0 Å². The van der Waals surface area contributed by atoms with Crippen molar-refractivity contribution in [1.82, 2.24) is 0 Å². The Morgan fingerprint density at radius 1 is 0.794 bits per heavy atom. The number of benzene rings is 2. The van der Waals surface area contributed by atoms with E-state index in [0.717, 1.165) is 28.5 Å². The second-order valence-electron chi connectivity index (χ2n) is 9.70. The first-order valence-corrected chi connectivity index (χ1v) is 13.7. The SMILES string of the molecule is CCCCCCCCCCCCCCCC/C=C\Oc1ccc2cc([C@H](C)C(=O)O)ccc2c1. The summed E-state index contributed by atoms with van der Waals surface area (Å²) in [4.78, 5) is 11.2. The Balaban J connectivity index is 1.50. The van der Waals surface area contributed by atoms with E-state index in [-0.39, 0.29) is 0 Å². The molecule has 0 fully saturated rings. The number of ether oxygens (including phenoxy) is 1. The van der Waals surface area contributed by atoms with Crippen molar-refractivity contribution >= 4 is 16.7 Å². The van der Waals surface area contributed by atoms with E-state index in [1.165, 1.54) is 89.9 Å². The van der Waals surface area contributed by atoms with Gasteiger partial charge in [-0.25, -0.2) is 0 Å². The first-order chi connectivity index (χ1) is 16.6. The molecule has 1 N–H and O–H groups in total. The standard InChI is InChI=1S/C31H46O3/c1-3-4-5-6-7-8-9-10-11-12-13-14-15-16-17-18-23-34-30-22-21-28-24-27(26(2)31(32)33)19-20-29(28)25-30/h18-26H,3-17H2,1-2H3,(H,32,33)/b23-18-/t26-/m0/s1. The molecule has 0 saturated carbocycles. The maximum atomic E-state index is 11.2. The third-order valence-corrected chi connectivity index (χ3v) is 6.73. The Hall–Kier alpha value is -2.29. The van der Waals surface area contributed by atoms with Crippen molar-refractivity contribution in [1.29, 1.82) is 0 Å². The van der Waals surface area contributed by atoms with Gasteiger partial charge in [0, 0.05) is 0 Å². The second kappa shape index (κ2) is 17.2. The van der Waals surface area contributed by atoms with Gasteiger partial charge in [-0.05, 0) is 54.3 Å². The first kappa shape index (κ1) is 28.0. The maximum Gasteiger partial charge on any atom is 0.310 e. The van der Waals surface area contributed by atoms with E-state index in [0.29, 0.717) is 0 Å². The van der Waals surface area contributed by atoms with Crippen LogP contribution in [0.15, 0.2) is 48.7 Å². The molecule has 2 rings (SSSR count). The van der Waals surface area contributed by atoms with Crippen LogP contribution in [-0.2, 0) is 4.79 Å². The highest BCUT2D eigenvalue weighted by molar-refractivity contribution is 5.86. The van der Waals surface area contributed by atoms with Crippen LogP contribution in [0.3, 0.4) is 0 Å². The average Bonchev–Trinajstić information content (AvgIpc) is 2.85. The highest BCUT2D eigenvalue weighted by Gasteiger charge is 2.13. The summed E-state index contributed by atoms with van der Waals surface area (Å²) in [6.07, 6.45) is 24.4. The highest BCUT2D eigenvalue weighted by atomic mass is 16.5. The zero-order valence-electron chi connectivity index (χ0n) is 21.6. The molecule has 0 heterocycles. The topological polar surface area (TPSA) is 46.5 Å². The number of hydrogen-bond donors (Lipinski definition) is 1. The van der Waals surface area contributed by atoms with Gasteiger partial charge in [-0.2, -0.15) is 0 Å². The summed E-state index contributed by atoms with van der Waals surface area (Å²) in [5.74, 6) is -0.495. The quantitative estimate of drug-likeness (QED) is 0.165. The van der Waals surface area contributed by atoms with Gasteiger partial charge in [0.15, 0.2) is 0 Å². The number of carboxylic acid groups (broad SMARTS) is 1. The lowest BCUT2D eigenvalue weighted by atomic mass is 9.98. The minimum absolute atomic E-state index is 0.502. The van der Waals surface area contributed by atoms with E-state index in [1.807, 2.05) is 36.4 Å². The molecule has 2 aromatic carbocycles. The van der Waals surface area contributed by atoms with Gasteiger partial charge in [0.05, 0.1) is 12.2 Å². The van der Waals surface area contributed by atoms with Gasteiger partial charge >= 0.3 is 5.97 Å². The molecule has 0 radical (unpaired) electrons. The second-order valence-corrected chi connectivity index (χ2v) is 9.70. The molecule has 0 spiro atoms. The van der Waals surface area contributed by atoms with E-state index in [9.17, 15) is 9.90 Å². The number of carbonyl (C=O) groups is 1. The monoisotopic (exact) mass is 466 g/mol. The van der Waals surface area contributed by atoms with Crippen molar-refractivity contribution < 1.29 is 14.6 Å². The third kappa shape index (κ3) is 11.2. The summed E-state index contributed by atoms with van der Waals surface area (Å²) in [5, 5.41) is 11.3. The molecule has 0 bridgehead atoms. The van der Waals surface area contributed by atoms with Crippen LogP contribution in [0, 0.1) is 0 Å². The van der Waals surface area contributed by atoms with Crippen LogP contribution < -0.4 is 4.74 Å². The maximum absolute atomic E-state index is 11.2. The van der Waals surface area contributed by atoms with Crippen molar-refractivity contribution in [3.8, 4) is 5.75 Å². The van der Waals surface area contributed by atoms with Crippen molar-refractivity contribution in [3.05, 3.63) is 54.3 Å². The Kier molecular flexibility index (Phi) is 14.1. The van der Waals surface area contributed by atoms with Gasteiger partial charge in [-0.15, -0.1) is 0 Å². The lowest BCUT2D eigenvalue weighted by molar-refractivity contribution is -0.138. The fourth-order valence-corrected chi connectivity index (χ4v) is 4.38. The van der Waals surface area contributed by atoms with Gasteiger partial charge < -0.3 is 9.84 Å². The molecule has 2 aromatic rings. The molecule has 0 aliphatic rings. The fraction of sp³-hybridized carbons (Fsp3) is 0.581. The minimum Gasteiger partial charge on any atom is -0.481 e. The molecule has 34 heavy (non-hydrogen) atoms. The molecule has 1 atom stereocenters. The molecule has 0 saturated heterocycles. The lowest BCUT2D eigenvalue weighted by Crippen LogP contribution is -2.06. The van der Waals surface area contributed by atoms with E-state index < -0.39 is 11.9 Å². The number of unbranched alkanes of at least 4 members (excludes halogenated alkanes) is 14. The largest absolute Gasteiger partial charge is 0.481 e. The summed E-state index contributed by atoms with van der Waals surface area (Å²) in [6.45, 7) is 3.99. The summed E-state index contributed by atoms with van der Waals surface area (Å²) in [6, 6.07) is 11.7. The fourth-order valence-electron chi connectivity index (χ4n) is 4.38.